The first-order chi connectivity index (χ1) is 11.7. The van der Waals surface area contributed by atoms with E-state index in [1.54, 1.807) is 0 Å². The summed E-state index contributed by atoms with van der Waals surface area (Å²) in [4.78, 5) is 0. The molecule has 0 bridgehead atoms. The number of aliphatic hydroxyl groups is 1. The lowest BCUT2D eigenvalue weighted by Gasteiger charge is -2.32. The Bertz CT molecular complexity index is 706. The summed E-state index contributed by atoms with van der Waals surface area (Å²) in [6, 6.07) is 4.19. The maximum absolute atomic E-state index is 13.5. The highest BCUT2D eigenvalue weighted by atomic mass is 31.2. The molecule has 140 valence electrons. The standard InChI is InChI=1S/C15H18F3O6P/c1-4-22-25(20,23-5-2)13-11(19)9-7-6-8-10(21-3)12(9)24-14(13)15(16,17)18/h6-8,11,19H,4-5H2,1-3H3. The van der Waals surface area contributed by atoms with Crippen LogP contribution in [-0.4, -0.2) is 31.6 Å². The largest absolute Gasteiger partial charge is 0.493 e. The second-order valence-electron chi connectivity index (χ2n) is 4.93. The molecule has 1 N–H and O–H groups in total. The molecule has 0 saturated heterocycles. The summed E-state index contributed by atoms with van der Waals surface area (Å²) in [6.45, 7) is 2.55. The van der Waals surface area contributed by atoms with Crippen LogP contribution in [0.1, 0.15) is 25.5 Å². The van der Waals surface area contributed by atoms with Gasteiger partial charge in [-0.15, -0.1) is 0 Å². The predicted molar refractivity (Wildman–Crippen MR) is 82.5 cm³/mol. The van der Waals surface area contributed by atoms with Crippen molar-refractivity contribution in [2.75, 3.05) is 20.3 Å². The smallest absolute Gasteiger partial charge is 0.450 e. The Morgan fingerprint density at radius 1 is 1.24 bits per heavy atom. The number of methoxy groups -OCH3 is 1. The van der Waals surface area contributed by atoms with Gasteiger partial charge < -0.3 is 23.6 Å². The summed E-state index contributed by atoms with van der Waals surface area (Å²) in [5, 5.41) is 9.57. The number of para-hydroxylation sites is 1. The van der Waals surface area contributed by atoms with Crippen LogP contribution >= 0.6 is 7.60 Å². The molecule has 2 rings (SSSR count). The molecular weight excluding hydrogens is 364 g/mol. The highest BCUT2D eigenvalue weighted by molar-refractivity contribution is 7.58. The van der Waals surface area contributed by atoms with Crippen molar-refractivity contribution in [1.29, 1.82) is 0 Å². The number of ether oxygens (including phenoxy) is 2. The van der Waals surface area contributed by atoms with Gasteiger partial charge in [-0.25, -0.2) is 0 Å². The molecule has 25 heavy (non-hydrogen) atoms. The Hall–Kier alpha value is -1.54. The van der Waals surface area contributed by atoms with Gasteiger partial charge in [-0.3, -0.25) is 4.57 Å². The van der Waals surface area contributed by atoms with Crippen molar-refractivity contribution in [2.45, 2.75) is 26.1 Å². The fraction of sp³-hybridized carbons (Fsp3) is 0.467. The molecule has 1 unspecified atom stereocenters. The van der Waals surface area contributed by atoms with Gasteiger partial charge in [0, 0.05) is 5.56 Å². The second-order valence-corrected chi connectivity index (χ2v) is 6.92. The lowest BCUT2D eigenvalue weighted by molar-refractivity contribution is -0.120. The second kappa shape index (κ2) is 7.37. The van der Waals surface area contributed by atoms with Crippen molar-refractivity contribution < 1.29 is 41.4 Å². The Labute approximate surface area is 142 Å². The molecule has 0 radical (unpaired) electrons. The van der Waals surface area contributed by atoms with E-state index in [1.165, 1.54) is 39.2 Å². The maximum Gasteiger partial charge on any atom is 0.450 e. The zero-order chi connectivity index (χ0) is 18.8. The number of halogens is 3. The average Bonchev–Trinajstić information content (AvgIpc) is 2.53. The molecule has 0 aliphatic carbocycles. The third-order valence-corrected chi connectivity index (χ3v) is 5.60. The highest BCUT2D eigenvalue weighted by Gasteiger charge is 2.52. The zero-order valence-electron chi connectivity index (χ0n) is 13.8. The molecule has 10 heteroatoms. The Kier molecular flexibility index (Phi) is 5.83. The molecule has 6 nitrogen and oxygen atoms in total. The number of fused-ring (bicyclic) bond motifs is 1. The van der Waals surface area contributed by atoms with E-state index in [1.807, 2.05) is 0 Å². The first kappa shape index (κ1) is 19.8. The maximum atomic E-state index is 13.5. The Morgan fingerprint density at radius 3 is 2.32 bits per heavy atom. The van der Waals surface area contributed by atoms with Crippen LogP contribution in [0, 0.1) is 0 Å². The van der Waals surface area contributed by atoms with E-state index in [-0.39, 0.29) is 30.3 Å². The minimum atomic E-state index is -5.03. The van der Waals surface area contributed by atoms with Crippen LogP contribution in [0.4, 0.5) is 13.2 Å². The minimum absolute atomic E-state index is 0.00000194. The minimum Gasteiger partial charge on any atom is -0.493 e. The first-order valence-electron chi connectivity index (χ1n) is 7.43. The molecule has 0 amide bonds. The van der Waals surface area contributed by atoms with Crippen LogP contribution in [0.25, 0.3) is 0 Å². The topological polar surface area (TPSA) is 74.2 Å². The van der Waals surface area contributed by atoms with Crippen LogP contribution in [0.2, 0.25) is 0 Å². The van der Waals surface area contributed by atoms with E-state index in [0.717, 1.165) is 0 Å². The monoisotopic (exact) mass is 382 g/mol. The molecule has 0 fully saturated rings. The normalized spacial score (nSPS) is 18.0. The van der Waals surface area contributed by atoms with Crippen LogP contribution in [0.15, 0.2) is 29.3 Å². The van der Waals surface area contributed by atoms with Gasteiger partial charge in [0.05, 0.1) is 20.3 Å². The molecule has 1 aromatic rings. The van der Waals surface area contributed by atoms with Crippen molar-refractivity contribution >= 4 is 7.60 Å². The zero-order valence-corrected chi connectivity index (χ0v) is 14.7. The van der Waals surface area contributed by atoms with E-state index >= 15 is 0 Å². The molecule has 0 aromatic heterocycles. The van der Waals surface area contributed by atoms with Crippen LogP contribution in [0.3, 0.4) is 0 Å². The molecule has 1 atom stereocenters. The number of alkyl halides is 3. The lowest BCUT2D eigenvalue weighted by Crippen LogP contribution is -2.27. The fourth-order valence-corrected chi connectivity index (χ4v) is 4.33. The summed E-state index contributed by atoms with van der Waals surface area (Å²) in [7, 11) is -3.19. The summed E-state index contributed by atoms with van der Waals surface area (Å²) in [6.07, 6.45) is -6.92. The predicted octanol–water partition coefficient (Wildman–Crippen LogP) is 4.16. The highest BCUT2D eigenvalue weighted by Crippen LogP contribution is 2.65. The molecule has 0 saturated carbocycles. The molecule has 1 aliphatic heterocycles. The third-order valence-electron chi connectivity index (χ3n) is 3.37. The summed E-state index contributed by atoms with van der Waals surface area (Å²) in [5.41, 5.74) is -0.0259. The lowest BCUT2D eigenvalue weighted by atomic mass is 10.0. The molecule has 1 aliphatic rings. The van der Waals surface area contributed by atoms with Crippen LogP contribution in [0.5, 0.6) is 11.5 Å². The van der Waals surface area contributed by atoms with Gasteiger partial charge >= 0.3 is 13.8 Å². The van der Waals surface area contributed by atoms with Gasteiger partial charge in [0.25, 0.3) is 0 Å². The number of hydrogen-bond donors (Lipinski definition) is 1. The van der Waals surface area contributed by atoms with E-state index < -0.39 is 30.9 Å². The van der Waals surface area contributed by atoms with Gasteiger partial charge in [-0.2, -0.15) is 13.2 Å². The number of rotatable bonds is 6. The van der Waals surface area contributed by atoms with Gasteiger partial charge in [0.1, 0.15) is 11.4 Å². The quantitative estimate of drug-likeness (QED) is 0.745. The van der Waals surface area contributed by atoms with Crippen molar-refractivity contribution in [1.82, 2.24) is 0 Å². The molecule has 1 aromatic carbocycles. The Balaban J connectivity index is 2.72. The number of allylic oxidation sites excluding steroid dienone is 1. The fourth-order valence-electron chi connectivity index (χ4n) is 2.44. The van der Waals surface area contributed by atoms with Crippen LogP contribution in [-0.2, 0) is 13.6 Å². The number of benzene rings is 1. The van der Waals surface area contributed by atoms with Crippen molar-refractivity contribution in [3.05, 3.63) is 34.8 Å². The summed E-state index contributed by atoms with van der Waals surface area (Å²) < 4.78 is 73.5. The van der Waals surface area contributed by atoms with Gasteiger partial charge in [-0.1, -0.05) is 12.1 Å². The van der Waals surface area contributed by atoms with Gasteiger partial charge in [0.2, 0.25) is 5.76 Å². The van der Waals surface area contributed by atoms with E-state index in [4.69, 9.17) is 18.5 Å². The van der Waals surface area contributed by atoms with Crippen molar-refractivity contribution in [3.8, 4) is 11.5 Å². The van der Waals surface area contributed by atoms with Gasteiger partial charge in [-0.05, 0) is 19.9 Å². The van der Waals surface area contributed by atoms with Crippen molar-refractivity contribution in [2.24, 2.45) is 0 Å². The first-order valence-corrected chi connectivity index (χ1v) is 8.97. The van der Waals surface area contributed by atoms with Crippen molar-refractivity contribution in [3.63, 3.8) is 0 Å². The van der Waals surface area contributed by atoms with Gasteiger partial charge in [0.15, 0.2) is 11.5 Å². The van der Waals surface area contributed by atoms with E-state index in [9.17, 15) is 22.8 Å². The summed E-state index contributed by atoms with van der Waals surface area (Å²) >= 11 is 0. The summed E-state index contributed by atoms with van der Waals surface area (Å²) in [5.74, 6) is -1.92. The van der Waals surface area contributed by atoms with E-state index in [2.05, 4.69) is 0 Å². The number of aliphatic hydroxyl groups excluding tert-OH is 1. The Morgan fingerprint density at radius 2 is 1.84 bits per heavy atom. The molecular formula is C15H18F3O6P. The third kappa shape index (κ3) is 3.69. The average molecular weight is 382 g/mol. The van der Waals surface area contributed by atoms with E-state index in [0.29, 0.717) is 0 Å². The molecule has 1 heterocycles. The molecule has 0 spiro atoms. The van der Waals surface area contributed by atoms with Crippen LogP contribution < -0.4 is 9.47 Å². The number of hydrogen-bond acceptors (Lipinski definition) is 6. The SMILES string of the molecule is CCOP(=O)(OCC)C1=C(C(F)(F)F)Oc2c(OC)cccc2C1O.